The molecule has 0 radical (unpaired) electrons. The first kappa shape index (κ1) is 16.2. The third-order valence-electron chi connectivity index (χ3n) is 4.95. The van der Waals surface area contributed by atoms with Crippen LogP contribution in [0.2, 0.25) is 0 Å². The third kappa shape index (κ3) is 3.64. The molecule has 1 amide bonds. The van der Waals surface area contributed by atoms with Crippen LogP contribution in [0.25, 0.3) is 0 Å². The third-order valence-corrected chi connectivity index (χ3v) is 4.95. The van der Waals surface area contributed by atoms with E-state index in [4.69, 9.17) is 15.2 Å². The molecule has 23 heavy (non-hydrogen) atoms. The van der Waals surface area contributed by atoms with E-state index in [1.54, 1.807) is 6.20 Å². The summed E-state index contributed by atoms with van der Waals surface area (Å²) in [4.78, 5) is 19.1. The highest BCUT2D eigenvalue weighted by atomic mass is 16.5. The average molecular weight is 319 g/mol. The highest BCUT2D eigenvalue weighted by Gasteiger charge is 2.42. The molecule has 6 nitrogen and oxygen atoms in total. The van der Waals surface area contributed by atoms with Crippen LogP contribution in [0, 0.1) is 5.41 Å². The van der Waals surface area contributed by atoms with Gasteiger partial charge in [0.05, 0.1) is 5.41 Å². The van der Waals surface area contributed by atoms with Gasteiger partial charge < -0.3 is 20.1 Å². The quantitative estimate of drug-likeness (QED) is 0.902. The van der Waals surface area contributed by atoms with Crippen LogP contribution < -0.4 is 10.5 Å². The number of likely N-dealkylation sites (tertiary alicyclic amines) is 1. The van der Waals surface area contributed by atoms with Crippen LogP contribution in [-0.2, 0) is 9.53 Å². The number of pyridine rings is 1. The molecule has 1 aromatic heterocycles. The van der Waals surface area contributed by atoms with Crippen molar-refractivity contribution in [1.29, 1.82) is 0 Å². The van der Waals surface area contributed by atoms with Crippen LogP contribution in [0.15, 0.2) is 24.4 Å². The minimum Gasteiger partial charge on any atom is -0.474 e. The molecule has 0 atom stereocenters. The van der Waals surface area contributed by atoms with Crippen LogP contribution in [-0.4, -0.2) is 54.7 Å². The van der Waals surface area contributed by atoms with Crippen molar-refractivity contribution in [1.82, 2.24) is 9.88 Å². The average Bonchev–Trinajstić information content (AvgIpc) is 2.63. The molecule has 0 saturated carbocycles. The Kier molecular flexibility index (Phi) is 5.13. The maximum Gasteiger partial charge on any atom is 0.230 e. The van der Waals surface area contributed by atoms with Crippen molar-refractivity contribution < 1.29 is 14.3 Å². The number of ether oxygens (including phenoxy) is 2. The van der Waals surface area contributed by atoms with Crippen LogP contribution in [0.3, 0.4) is 0 Å². The fourth-order valence-corrected chi connectivity index (χ4v) is 3.37. The van der Waals surface area contributed by atoms with E-state index in [0.29, 0.717) is 25.6 Å². The standard InChI is InChI=1S/C17H25N3O3/c18-13-17(6-11-22-12-7-17)16(21)20-9-4-14(5-10-20)23-15-3-1-2-8-19-15/h1-3,8,14H,4-7,9-13,18H2. The van der Waals surface area contributed by atoms with Crippen LogP contribution in [0.4, 0.5) is 0 Å². The van der Waals surface area contributed by atoms with Gasteiger partial charge in [0.15, 0.2) is 0 Å². The van der Waals surface area contributed by atoms with Gasteiger partial charge in [-0.2, -0.15) is 0 Å². The van der Waals surface area contributed by atoms with Crippen LogP contribution in [0.5, 0.6) is 5.88 Å². The van der Waals surface area contributed by atoms with Crippen molar-refractivity contribution in [2.24, 2.45) is 11.1 Å². The molecule has 2 aliphatic rings. The normalized spacial score (nSPS) is 21.9. The van der Waals surface area contributed by atoms with Crippen molar-refractivity contribution in [3.05, 3.63) is 24.4 Å². The number of piperidine rings is 1. The highest BCUT2D eigenvalue weighted by molar-refractivity contribution is 5.83. The van der Waals surface area contributed by atoms with Crippen molar-refractivity contribution in [2.45, 2.75) is 31.8 Å². The Hall–Kier alpha value is -1.66. The Labute approximate surface area is 137 Å². The van der Waals surface area contributed by atoms with Gasteiger partial charge in [0.1, 0.15) is 6.10 Å². The van der Waals surface area contributed by atoms with E-state index in [1.807, 2.05) is 23.1 Å². The first-order valence-corrected chi connectivity index (χ1v) is 8.38. The molecule has 2 fully saturated rings. The minimum absolute atomic E-state index is 0.123. The number of amides is 1. The maximum absolute atomic E-state index is 12.9. The van der Waals surface area contributed by atoms with Crippen molar-refractivity contribution in [2.75, 3.05) is 32.8 Å². The molecule has 2 saturated heterocycles. The Bertz CT molecular complexity index is 509. The van der Waals surface area contributed by atoms with Crippen molar-refractivity contribution in [3.63, 3.8) is 0 Å². The lowest BCUT2D eigenvalue weighted by Crippen LogP contribution is -2.53. The fourth-order valence-electron chi connectivity index (χ4n) is 3.37. The molecule has 0 spiro atoms. The lowest BCUT2D eigenvalue weighted by atomic mass is 9.78. The van der Waals surface area contributed by atoms with E-state index >= 15 is 0 Å². The van der Waals surface area contributed by atoms with Crippen molar-refractivity contribution >= 4 is 5.91 Å². The number of aromatic nitrogens is 1. The molecule has 2 N–H and O–H groups in total. The van der Waals surface area contributed by atoms with E-state index in [2.05, 4.69) is 4.98 Å². The molecular formula is C17H25N3O3. The van der Waals surface area contributed by atoms with E-state index in [-0.39, 0.29) is 12.0 Å². The Balaban J connectivity index is 1.55. The molecule has 3 heterocycles. The summed E-state index contributed by atoms with van der Waals surface area (Å²) in [7, 11) is 0. The van der Waals surface area contributed by atoms with E-state index in [0.717, 1.165) is 38.8 Å². The summed E-state index contributed by atoms with van der Waals surface area (Å²) in [6, 6.07) is 5.65. The van der Waals surface area contributed by atoms with Gasteiger partial charge in [-0.25, -0.2) is 4.98 Å². The molecule has 1 aromatic rings. The number of nitrogens with zero attached hydrogens (tertiary/aromatic N) is 2. The van der Waals surface area contributed by atoms with Gasteiger partial charge in [0, 0.05) is 58.0 Å². The summed E-state index contributed by atoms with van der Waals surface area (Å²) in [5.74, 6) is 0.847. The van der Waals surface area contributed by atoms with Gasteiger partial charge in [-0.3, -0.25) is 4.79 Å². The smallest absolute Gasteiger partial charge is 0.230 e. The summed E-state index contributed by atoms with van der Waals surface area (Å²) >= 11 is 0. The molecule has 3 rings (SSSR count). The van der Waals surface area contributed by atoms with E-state index in [9.17, 15) is 4.79 Å². The number of hydrogen-bond acceptors (Lipinski definition) is 5. The second-order valence-electron chi connectivity index (χ2n) is 6.37. The lowest BCUT2D eigenvalue weighted by molar-refractivity contribution is -0.149. The zero-order valence-electron chi connectivity index (χ0n) is 13.4. The molecule has 0 aromatic carbocycles. The number of carbonyl (C=O) groups excluding carboxylic acids is 1. The lowest BCUT2D eigenvalue weighted by Gasteiger charge is -2.41. The summed E-state index contributed by atoms with van der Waals surface area (Å²) in [5, 5.41) is 0. The van der Waals surface area contributed by atoms with Gasteiger partial charge in [-0.1, -0.05) is 6.07 Å². The van der Waals surface area contributed by atoms with Gasteiger partial charge >= 0.3 is 0 Å². The van der Waals surface area contributed by atoms with Gasteiger partial charge in [-0.05, 0) is 18.9 Å². The molecular weight excluding hydrogens is 294 g/mol. The number of carbonyl (C=O) groups is 1. The number of nitrogens with two attached hydrogens (primary N) is 1. The Morgan fingerprint density at radius 1 is 1.35 bits per heavy atom. The van der Waals surface area contributed by atoms with Crippen molar-refractivity contribution in [3.8, 4) is 5.88 Å². The molecule has 0 unspecified atom stereocenters. The van der Waals surface area contributed by atoms with Gasteiger partial charge in [-0.15, -0.1) is 0 Å². The molecule has 2 aliphatic heterocycles. The predicted octanol–water partition coefficient (Wildman–Crippen LogP) is 1.21. The Morgan fingerprint density at radius 3 is 2.70 bits per heavy atom. The number of rotatable bonds is 4. The Morgan fingerprint density at radius 2 is 2.09 bits per heavy atom. The zero-order chi connectivity index (χ0) is 16.1. The SMILES string of the molecule is NCC1(C(=O)N2CCC(Oc3ccccn3)CC2)CCOCC1. The summed E-state index contributed by atoms with van der Waals surface area (Å²) in [6.45, 7) is 3.10. The first-order valence-electron chi connectivity index (χ1n) is 8.38. The predicted molar refractivity (Wildman–Crippen MR) is 86.0 cm³/mol. The molecule has 6 heteroatoms. The summed E-state index contributed by atoms with van der Waals surface area (Å²) < 4.78 is 11.3. The second-order valence-corrected chi connectivity index (χ2v) is 6.37. The van der Waals surface area contributed by atoms with Crippen LogP contribution >= 0.6 is 0 Å². The highest BCUT2D eigenvalue weighted by Crippen LogP contribution is 2.32. The maximum atomic E-state index is 12.9. The topological polar surface area (TPSA) is 77.7 Å². The zero-order valence-corrected chi connectivity index (χ0v) is 13.4. The second kappa shape index (κ2) is 7.27. The van der Waals surface area contributed by atoms with Crippen LogP contribution in [0.1, 0.15) is 25.7 Å². The van der Waals surface area contributed by atoms with Gasteiger partial charge in [0.2, 0.25) is 11.8 Å². The molecule has 0 bridgehead atoms. The monoisotopic (exact) mass is 319 g/mol. The fraction of sp³-hybridized carbons (Fsp3) is 0.647. The molecule has 126 valence electrons. The largest absolute Gasteiger partial charge is 0.474 e. The van der Waals surface area contributed by atoms with E-state index < -0.39 is 5.41 Å². The summed E-state index contributed by atoms with van der Waals surface area (Å²) in [5.41, 5.74) is 5.52. The number of hydrogen-bond donors (Lipinski definition) is 1. The minimum atomic E-state index is -0.424. The first-order chi connectivity index (χ1) is 11.2. The summed E-state index contributed by atoms with van der Waals surface area (Å²) in [6.07, 6.45) is 4.97. The van der Waals surface area contributed by atoms with Gasteiger partial charge in [0.25, 0.3) is 0 Å². The molecule has 0 aliphatic carbocycles. The van der Waals surface area contributed by atoms with E-state index in [1.165, 1.54) is 0 Å².